The molecule has 0 aliphatic carbocycles. The second-order valence-electron chi connectivity index (χ2n) is 4.35. The van der Waals surface area contributed by atoms with Gasteiger partial charge in [-0.15, -0.1) is 0 Å². The van der Waals surface area contributed by atoms with Gasteiger partial charge in [-0.05, 0) is 47.7 Å². The summed E-state index contributed by atoms with van der Waals surface area (Å²) >= 11 is 3.51. The number of rotatable bonds is 4. The molecule has 1 aliphatic heterocycles. The van der Waals surface area contributed by atoms with Gasteiger partial charge < -0.3 is 15.8 Å². The molecule has 0 aromatic carbocycles. The van der Waals surface area contributed by atoms with E-state index in [2.05, 4.69) is 26.2 Å². The summed E-state index contributed by atoms with van der Waals surface area (Å²) in [7, 11) is 0. The average molecular weight is 300 g/mol. The second-order valence-corrected chi connectivity index (χ2v) is 5.14. The van der Waals surface area contributed by atoms with Gasteiger partial charge >= 0.3 is 0 Å². The van der Waals surface area contributed by atoms with Crippen LogP contribution in [0.5, 0.6) is 0 Å². The van der Waals surface area contributed by atoms with E-state index in [1.807, 2.05) is 6.92 Å². The lowest BCUT2D eigenvalue weighted by atomic mass is 10.2. The summed E-state index contributed by atoms with van der Waals surface area (Å²) in [4.78, 5) is 4.28. The first-order chi connectivity index (χ1) is 8.18. The summed E-state index contributed by atoms with van der Waals surface area (Å²) < 4.78 is 6.52. The molecule has 2 heterocycles. The number of nitrogens with two attached hydrogens (primary N) is 1. The summed E-state index contributed by atoms with van der Waals surface area (Å²) in [5.41, 5.74) is 7.51. The van der Waals surface area contributed by atoms with Crippen molar-refractivity contribution in [1.82, 2.24) is 4.98 Å². The number of hydrogen-bond acceptors (Lipinski definition) is 4. The van der Waals surface area contributed by atoms with Crippen molar-refractivity contribution in [3.63, 3.8) is 0 Å². The van der Waals surface area contributed by atoms with E-state index in [1.54, 1.807) is 6.20 Å². The van der Waals surface area contributed by atoms with Gasteiger partial charge in [0, 0.05) is 13.2 Å². The average Bonchev–Trinajstić information content (AvgIpc) is 2.82. The number of ether oxygens (including phenoxy) is 1. The first-order valence-corrected chi connectivity index (χ1v) is 6.74. The lowest BCUT2D eigenvalue weighted by Gasteiger charge is -2.13. The summed E-state index contributed by atoms with van der Waals surface area (Å²) in [6.07, 6.45) is 5.49. The maximum Gasteiger partial charge on any atom is 0.140 e. The molecule has 17 heavy (non-hydrogen) atoms. The first kappa shape index (κ1) is 12.6. The topological polar surface area (TPSA) is 60.2 Å². The molecule has 1 aliphatic rings. The normalized spacial score (nSPS) is 19.5. The largest absolute Gasteiger partial charge is 0.397 e. The molecule has 0 bridgehead atoms. The summed E-state index contributed by atoms with van der Waals surface area (Å²) in [5, 5.41) is 3.31. The zero-order chi connectivity index (χ0) is 12.3. The van der Waals surface area contributed by atoms with Crippen molar-refractivity contribution in [3.05, 3.63) is 16.2 Å². The van der Waals surface area contributed by atoms with Crippen LogP contribution in [0, 0.1) is 6.92 Å². The molecule has 1 saturated heterocycles. The number of pyridine rings is 1. The zero-order valence-electron chi connectivity index (χ0n) is 10.0. The predicted molar refractivity (Wildman–Crippen MR) is 73.2 cm³/mol. The Hall–Kier alpha value is -0.810. The van der Waals surface area contributed by atoms with E-state index < -0.39 is 0 Å². The zero-order valence-corrected chi connectivity index (χ0v) is 11.6. The van der Waals surface area contributed by atoms with Crippen molar-refractivity contribution in [2.75, 3.05) is 24.2 Å². The lowest BCUT2D eigenvalue weighted by Crippen LogP contribution is -2.13. The molecule has 5 heteroatoms. The van der Waals surface area contributed by atoms with Crippen LogP contribution < -0.4 is 11.1 Å². The van der Waals surface area contributed by atoms with E-state index in [0.717, 1.165) is 35.4 Å². The van der Waals surface area contributed by atoms with Gasteiger partial charge in [0.25, 0.3) is 0 Å². The highest BCUT2D eigenvalue weighted by atomic mass is 79.9. The van der Waals surface area contributed by atoms with E-state index in [9.17, 15) is 0 Å². The van der Waals surface area contributed by atoms with Gasteiger partial charge in [-0.2, -0.15) is 0 Å². The van der Waals surface area contributed by atoms with Crippen LogP contribution in [-0.4, -0.2) is 24.2 Å². The highest BCUT2D eigenvalue weighted by molar-refractivity contribution is 9.10. The molecule has 0 saturated carbocycles. The Balaban J connectivity index is 1.88. The molecule has 4 nitrogen and oxygen atoms in total. The van der Waals surface area contributed by atoms with Crippen LogP contribution in [0.3, 0.4) is 0 Å². The van der Waals surface area contributed by atoms with E-state index in [1.165, 1.54) is 12.8 Å². The van der Waals surface area contributed by atoms with Gasteiger partial charge in [-0.3, -0.25) is 0 Å². The van der Waals surface area contributed by atoms with Crippen LogP contribution in [0.15, 0.2) is 10.7 Å². The minimum Gasteiger partial charge on any atom is -0.397 e. The fourth-order valence-electron chi connectivity index (χ4n) is 1.94. The Morgan fingerprint density at radius 1 is 1.65 bits per heavy atom. The van der Waals surface area contributed by atoms with E-state index in [0.29, 0.717) is 11.8 Å². The minimum atomic E-state index is 0.413. The Labute approximate surface area is 110 Å². The molecule has 1 fully saturated rings. The summed E-state index contributed by atoms with van der Waals surface area (Å²) in [6, 6.07) is 0. The molecular weight excluding hydrogens is 282 g/mol. The number of nitrogens with one attached hydrogen (secondary N) is 1. The Bertz CT molecular complexity index is 392. The quantitative estimate of drug-likeness (QED) is 0.897. The molecule has 0 amide bonds. The molecule has 1 unspecified atom stereocenters. The highest BCUT2D eigenvalue weighted by Gasteiger charge is 2.15. The highest BCUT2D eigenvalue weighted by Crippen LogP contribution is 2.27. The maximum atomic E-state index is 5.78. The molecule has 0 spiro atoms. The second kappa shape index (κ2) is 5.69. The molecule has 0 radical (unpaired) electrons. The molecule has 1 atom stereocenters. The van der Waals surface area contributed by atoms with E-state index in [-0.39, 0.29) is 0 Å². The Kier molecular flexibility index (Phi) is 4.23. The monoisotopic (exact) mass is 299 g/mol. The number of nitrogen functional groups attached to an aromatic ring is 1. The van der Waals surface area contributed by atoms with Gasteiger partial charge in [0.1, 0.15) is 5.82 Å². The van der Waals surface area contributed by atoms with Crippen LogP contribution in [0.2, 0.25) is 0 Å². The Morgan fingerprint density at radius 3 is 3.18 bits per heavy atom. The standard InChI is InChI=1S/C12H18BrN3O/c1-8-10(14)7-16-12(11(8)13)15-5-4-9-3-2-6-17-9/h7,9H,2-6,14H2,1H3,(H,15,16). The fraction of sp³-hybridized carbons (Fsp3) is 0.583. The molecule has 3 N–H and O–H groups in total. The molecule has 94 valence electrons. The fourth-order valence-corrected chi connectivity index (χ4v) is 2.41. The van der Waals surface area contributed by atoms with Crippen LogP contribution in [0.1, 0.15) is 24.8 Å². The van der Waals surface area contributed by atoms with Crippen LogP contribution >= 0.6 is 15.9 Å². The van der Waals surface area contributed by atoms with Crippen molar-refractivity contribution < 1.29 is 4.74 Å². The lowest BCUT2D eigenvalue weighted by molar-refractivity contribution is 0.107. The van der Waals surface area contributed by atoms with Gasteiger partial charge in [-0.1, -0.05) is 0 Å². The molecular formula is C12H18BrN3O. The van der Waals surface area contributed by atoms with Crippen LogP contribution in [0.25, 0.3) is 0 Å². The SMILES string of the molecule is Cc1c(N)cnc(NCCC2CCCO2)c1Br. The van der Waals surface area contributed by atoms with Gasteiger partial charge in [0.05, 0.1) is 22.5 Å². The third-order valence-electron chi connectivity index (χ3n) is 3.09. The minimum absolute atomic E-state index is 0.413. The third-order valence-corrected chi connectivity index (χ3v) is 4.06. The smallest absolute Gasteiger partial charge is 0.140 e. The third kappa shape index (κ3) is 3.10. The Morgan fingerprint density at radius 2 is 2.47 bits per heavy atom. The predicted octanol–water partition coefficient (Wildman–Crippen LogP) is 2.72. The maximum absolute atomic E-state index is 5.78. The van der Waals surface area contributed by atoms with Crippen LogP contribution in [0.4, 0.5) is 11.5 Å². The first-order valence-electron chi connectivity index (χ1n) is 5.94. The van der Waals surface area contributed by atoms with Crippen molar-refractivity contribution in [2.24, 2.45) is 0 Å². The van der Waals surface area contributed by atoms with Crippen molar-refractivity contribution in [1.29, 1.82) is 0 Å². The van der Waals surface area contributed by atoms with E-state index >= 15 is 0 Å². The summed E-state index contributed by atoms with van der Waals surface area (Å²) in [6.45, 7) is 3.76. The van der Waals surface area contributed by atoms with E-state index in [4.69, 9.17) is 10.5 Å². The van der Waals surface area contributed by atoms with Gasteiger partial charge in [0.2, 0.25) is 0 Å². The van der Waals surface area contributed by atoms with Gasteiger partial charge in [-0.25, -0.2) is 4.98 Å². The number of halogens is 1. The van der Waals surface area contributed by atoms with Crippen molar-refractivity contribution >= 4 is 27.4 Å². The number of aromatic nitrogens is 1. The van der Waals surface area contributed by atoms with Crippen LogP contribution in [-0.2, 0) is 4.74 Å². The number of nitrogens with zero attached hydrogens (tertiary/aromatic N) is 1. The van der Waals surface area contributed by atoms with Crippen molar-refractivity contribution in [3.8, 4) is 0 Å². The molecule has 2 rings (SSSR count). The number of anilines is 2. The molecule has 1 aromatic heterocycles. The number of hydrogen-bond donors (Lipinski definition) is 2. The molecule has 1 aromatic rings. The van der Waals surface area contributed by atoms with Gasteiger partial charge in [0.15, 0.2) is 0 Å². The van der Waals surface area contributed by atoms with Crippen molar-refractivity contribution in [2.45, 2.75) is 32.3 Å². The summed E-state index contributed by atoms with van der Waals surface area (Å²) in [5.74, 6) is 0.856.